The molecule has 8 heteroatoms. The zero-order chi connectivity index (χ0) is 19.7. The first-order valence-corrected chi connectivity index (χ1v) is 11.7. The summed E-state index contributed by atoms with van der Waals surface area (Å²) >= 11 is 1.59. The fourth-order valence-corrected chi connectivity index (χ4v) is 3.78. The number of thioether (sulfide) groups is 1. The number of carbonyl (C=O) groups is 1. The highest BCUT2D eigenvalue weighted by Gasteiger charge is 2.24. The Balaban J connectivity index is 2.80. The van der Waals surface area contributed by atoms with Gasteiger partial charge in [-0.05, 0) is 51.9 Å². The smallest absolute Gasteiger partial charge is 0.238 e. The van der Waals surface area contributed by atoms with E-state index in [1.165, 1.54) is 5.56 Å². The highest BCUT2D eigenvalue weighted by Crippen LogP contribution is 2.18. The summed E-state index contributed by atoms with van der Waals surface area (Å²) in [6, 6.07) is 7.47. The number of aryl methyl sites for hydroxylation is 1. The molecule has 2 atom stereocenters. The Morgan fingerprint density at radius 3 is 2.35 bits per heavy atom. The molecule has 1 aromatic rings. The molecule has 0 radical (unpaired) electrons. The van der Waals surface area contributed by atoms with Crippen LogP contribution in [-0.4, -0.2) is 63.7 Å². The van der Waals surface area contributed by atoms with Gasteiger partial charge in [0, 0.05) is 6.54 Å². The highest BCUT2D eigenvalue weighted by molar-refractivity contribution is 7.98. The summed E-state index contributed by atoms with van der Waals surface area (Å²) in [5, 5.41) is 2.92. The normalized spacial score (nSPS) is 14.2. The van der Waals surface area contributed by atoms with E-state index in [4.69, 9.17) is 0 Å². The molecule has 1 rings (SSSR count). The van der Waals surface area contributed by atoms with Gasteiger partial charge < -0.3 is 10.2 Å². The van der Waals surface area contributed by atoms with E-state index < -0.39 is 16.1 Å². The molecule has 1 amide bonds. The molecule has 0 saturated carbocycles. The van der Waals surface area contributed by atoms with E-state index in [9.17, 15) is 13.2 Å². The Hall–Kier alpha value is -1.09. The number of nitrogens with zero attached hydrogens (tertiary/aromatic N) is 1. The first-order chi connectivity index (χ1) is 12.2. The Kier molecular flexibility index (Phi) is 9.63. The number of rotatable bonds is 11. The van der Waals surface area contributed by atoms with Crippen LogP contribution in [0.3, 0.4) is 0 Å². The van der Waals surface area contributed by atoms with Gasteiger partial charge in [-0.1, -0.05) is 29.8 Å². The Bertz CT molecular complexity index is 661. The lowest BCUT2D eigenvalue weighted by molar-refractivity contribution is -0.123. The summed E-state index contributed by atoms with van der Waals surface area (Å²) in [5.74, 6) is 0.383. The van der Waals surface area contributed by atoms with Crippen LogP contribution in [0.4, 0.5) is 0 Å². The van der Waals surface area contributed by atoms with Crippen LogP contribution in [-0.2, 0) is 14.8 Å². The number of hydrogen-bond donors (Lipinski definition) is 2. The minimum absolute atomic E-state index is 0.0172. The minimum Gasteiger partial charge on any atom is -0.353 e. The fraction of sp³-hybridized carbons (Fsp3) is 0.611. The average molecular weight is 402 g/mol. The molecule has 0 aliphatic heterocycles. The lowest BCUT2D eigenvalue weighted by Gasteiger charge is -2.26. The molecule has 0 bridgehead atoms. The van der Waals surface area contributed by atoms with Crippen molar-refractivity contribution in [1.29, 1.82) is 0 Å². The van der Waals surface area contributed by atoms with Gasteiger partial charge in [0.1, 0.15) is 6.04 Å². The Labute approximate surface area is 162 Å². The van der Waals surface area contributed by atoms with Crippen LogP contribution in [0.2, 0.25) is 0 Å². The van der Waals surface area contributed by atoms with Gasteiger partial charge >= 0.3 is 0 Å². The number of amides is 1. The SMILES string of the molecule is CCS(=O)(=O)NC(CCSC)C(=O)NCC(c1ccc(C)cc1)N(C)C. The van der Waals surface area contributed by atoms with E-state index in [2.05, 4.69) is 22.2 Å². The fourth-order valence-electron chi connectivity index (χ4n) is 2.49. The summed E-state index contributed by atoms with van der Waals surface area (Å²) in [6.07, 6.45) is 2.39. The summed E-state index contributed by atoms with van der Waals surface area (Å²) in [5.41, 5.74) is 2.29. The number of hydrogen-bond acceptors (Lipinski definition) is 5. The molecule has 0 heterocycles. The van der Waals surface area contributed by atoms with Crippen LogP contribution in [0.15, 0.2) is 24.3 Å². The minimum atomic E-state index is -3.44. The monoisotopic (exact) mass is 401 g/mol. The van der Waals surface area contributed by atoms with E-state index in [0.29, 0.717) is 18.7 Å². The maximum atomic E-state index is 12.6. The van der Waals surface area contributed by atoms with Crippen LogP contribution in [0.5, 0.6) is 0 Å². The standard InChI is InChI=1S/C18H31N3O3S2/c1-6-26(23,24)20-16(11-12-25-5)18(22)19-13-17(21(3)4)15-9-7-14(2)8-10-15/h7-10,16-17,20H,6,11-13H2,1-5H3,(H,19,22). The summed E-state index contributed by atoms with van der Waals surface area (Å²) < 4.78 is 26.3. The topological polar surface area (TPSA) is 78.5 Å². The first-order valence-electron chi connectivity index (χ1n) is 8.69. The first kappa shape index (κ1) is 23.0. The lowest BCUT2D eigenvalue weighted by Crippen LogP contribution is -2.49. The van der Waals surface area contributed by atoms with Crippen LogP contribution in [0.1, 0.15) is 30.5 Å². The predicted octanol–water partition coefficient (Wildman–Crippen LogP) is 1.77. The van der Waals surface area contributed by atoms with Gasteiger partial charge in [0.15, 0.2) is 0 Å². The molecule has 6 nitrogen and oxygen atoms in total. The molecule has 0 aliphatic rings. The molecule has 0 saturated heterocycles. The molecule has 26 heavy (non-hydrogen) atoms. The van der Waals surface area contributed by atoms with Crippen molar-refractivity contribution in [3.8, 4) is 0 Å². The molecule has 0 aromatic heterocycles. The number of sulfonamides is 1. The third-order valence-corrected chi connectivity index (χ3v) is 6.23. The lowest BCUT2D eigenvalue weighted by atomic mass is 10.0. The van der Waals surface area contributed by atoms with Crippen molar-refractivity contribution in [3.05, 3.63) is 35.4 Å². The van der Waals surface area contributed by atoms with Crippen molar-refractivity contribution in [2.45, 2.75) is 32.4 Å². The van der Waals surface area contributed by atoms with Crippen molar-refractivity contribution in [2.75, 3.05) is 38.4 Å². The zero-order valence-electron chi connectivity index (χ0n) is 16.3. The van der Waals surface area contributed by atoms with Gasteiger partial charge in [-0.25, -0.2) is 13.1 Å². The number of likely N-dealkylation sites (N-methyl/N-ethyl adjacent to an activating group) is 1. The largest absolute Gasteiger partial charge is 0.353 e. The molecule has 148 valence electrons. The maximum absolute atomic E-state index is 12.6. The summed E-state index contributed by atoms with van der Waals surface area (Å²) in [4.78, 5) is 14.6. The van der Waals surface area contributed by atoms with Crippen molar-refractivity contribution in [2.24, 2.45) is 0 Å². The van der Waals surface area contributed by atoms with Crippen molar-refractivity contribution in [1.82, 2.24) is 14.9 Å². The molecule has 0 spiro atoms. The van der Waals surface area contributed by atoms with Crippen molar-refractivity contribution in [3.63, 3.8) is 0 Å². The van der Waals surface area contributed by atoms with Crippen molar-refractivity contribution < 1.29 is 13.2 Å². The third-order valence-electron chi connectivity index (χ3n) is 4.18. The van der Waals surface area contributed by atoms with Gasteiger partial charge in [0.2, 0.25) is 15.9 Å². The quantitative estimate of drug-likeness (QED) is 0.591. The summed E-state index contributed by atoms with van der Waals surface area (Å²) in [6.45, 7) is 4.01. The Morgan fingerprint density at radius 2 is 1.85 bits per heavy atom. The predicted molar refractivity (Wildman–Crippen MR) is 110 cm³/mol. The van der Waals surface area contributed by atoms with Crippen LogP contribution in [0.25, 0.3) is 0 Å². The second-order valence-electron chi connectivity index (χ2n) is 6.49. The van der Waals surface area contributed by atoms with Gasteiger partial charge in [-0.2, -0.15) is 11.8 Å². The van der Waals surface area contributed by atoms with Crippen LogP contribution >= 0.6 is 11.8 Å². The summed E-state index contributed by atoms with van der Waals surface area (Å²) in [7, 11) is 0.484. The maximum Gasteiger partial charge on any atom is 0.238 e. The van der Waals surface area contributed by atoms with E-state index in [0.717, 1.165) is 5.56 Å². The number of carbonyl (C=O) groups excluding carboxylic acids is 1. The van der Waals surface area contributed by atoms with Crippen molar-refractivity contribution >= 4 is 27.7 Å². The van der Waals surface area contributed by atoms with E-state index in [1.807, 2.05) is 44.3 Å². The van der Waals surface area contributed by atoms with Gasteiger partial charge in [-0.15, -0.1) is 0 Å². The molecule has 0 aliphatic carbocycles. The number of nitrogens with one attached hydrogen (secondary N) is 2. The molecule has 1 aromatic carbocycles. The average Bonchev–Trinajstić information content (AvgIpc) is 2.59. The third kappa shape index (κ3) is 7.65. The second kappa shape index (κ2) is 10.9. The molecule has 2 unspecified atom stereocenters. The molecular formula is C18H31N3O3S2. The molecule has 2 N–H and O–H groups in total. The van der Waals surface area contributed by atoms with E-state index in [1.54, 1.807) is 18.7 Å². The molecule has 0 fully saturated rings. The zero-order valence-corrected chi connectivity index (χ0v) is 17.9. The highest BCUT2D eigenvalue weighted by atomic mass is 32.2. The van der Waals surface area contributed by atoms with Gasteiger partial charge in [0.05, 0.1) is 11.8 Å². The van der Waals surface area contributed by atoms with E-state index in [-0.39, 0.29) is 17.7 Å². The van der Waals surface area contributed by atoms with Crippen LogP contribution in [0, 0.1) is 6.92 Å². The van der Waals surface area contributed by atoms with E-state index >= 15 is 0 Å². The second-order valence-corrected chi connectivity index (χ2v) is 9.52. The Morgan fingerprint density at radius 1 is 1.23 bits per heavy atom. The van der Waals surface area contributed by atoms with Crippen LogP contribution < -0.4 is 10.0 Å². The molecular weight excluding hydrogens is 370 g/mol. The van der Waals surface area contributed by atoms with Gasteiger partial charge in [0.25, 0.3) is 0 Å². The number of benzene rings is 1. The van der Waals surface area contributed by atoms with Gasteiger partial charge in [-0.3, -0.25) is 4.79 Å².